The summed E-state index contributed by atoms with van der Waals surface area (Å²) in [6.45, 7) is 1.08. The van der Waals surface area contributed by atoms with E-state index >= 15 is 0 Å². The predicted molar refractivity (Wildman–Crippen MR) is 122 cm³/mol. The first-order chi connectivity index (χ1) is 15.2. The van der Waals surface area contributed by atoms with E-state index in [1.807, 2.05) is 30.3 Å². The van der Waals surface area contributed by atoms with Crippen LogP contribution in [0.15, 0.2) is 64.7 Å². The van der Waals surface area contributed by atoms with Gasteiger partial charge in [-0.3, -0.25) is 14.3 Å². The van der Waals surface area contributed by atoms with E-state index in [2.05, 4.69) is 27.4 Å². The summed E-state index contributed by atoms with van der Waals surface area (Å²) in [6.07, 6.45) is 8.21. The number of hydrogen-bond acceptors (Lipinski definition) is 5. The Balaban J connectivity index is 1.42. The maximum atomic E-state index is 12.8. The molecule has 2 aromatic heterocycles. The van der Waals surface area contributed by atoms with E-state index in [0.717, 1.165) is 48.9 Å². The number of nitrogens with zero attached hydrogens (tertiary/aromatic N) is 3. The van der Waals surface area contributed by atoms with Gasteiger partial charge in [-0.2, -0.15) is 4.98 Å². The van der Waals surface area contributed by atoms with Crippen molar-refractivity contribution < 1.29 is 4.79 Å². The first kappa shape index (κ1) is 21.3. The van der Waals surface area contributed by atoms with Crippen LogP contribution in [0, 0.1) is 0 Å². The molecule has 2 heterocycles. The maximum Gasteiger partial charge on any atom is 0.349 e. The molecule has 1 N–H and O–H groups in total. The van der Waals surface area contributed by atoms with Crippen LogP contribution in [0.3, 0.4) is 0 Å². The predicted octanol–water partition coefficient (Wildman–Crippen LogP) is 3.02. The molecule has 0 unspecified atom stereocenters. The molecule has 31 heavy (non-hydrogen) atoms. The summed E-state index contributed by atoms with van der Waals surface area (Å²) in [6, 6.07) is 13.9. The van der Waals surface area contributed by atoms with Gasteiger partial charge in [0.15, 0.2) is 0 Å². The fraction of sp³-hybridized carbons (Fsp3) is 0.333. The van der Waals surface area contributed by atoms with Crippen molar-refractivity contribution >= 4 is 17.7 Å². The molecule has 0 saturated heterocycles. The molecular formula is C24H26N4O2S. The minimum atomic E-state index is -0.253. The highest BCUT2D eigenvalue weighted by molar-refractivity contribution is 7.99. The van der Waals surface area contributed by atoms with E-state index in [1.54, 1.807) is 17.0 Å². The second-order valence-electron chi connectivity index (χ2n) is 7.65. The molecule has 0 fully saturated rings. The molecular weight excluding hydrogens is 408 g/mol. The van der Waals surface area contributed by atoms with Crippen LogP contribution >= 0.6 is 11.8 Å². The number of rotatable bonds is 8. The lowest BCUT2D eigenvalue weighted by atomic mass is 9.97. The average Bonchev–Trinajstić information content (AvgIpc) is 2.81. The van der Waals surface area contributed by atoms with Gasteiger partial charge in [-0.15, -0.1) is 0 Å². The Bertz CT molecular complexity index is 1080. The molecule has 160 valence electrons. The lowest BCUT2D eigenvalue weighted by Gasteiger charge is -2.22. The number of fused-ring (bicyclic) bond motifs is 1. The van der Waals surface area contributed by atoms with Crippen LogP contribution in [0.25, 0.3) is 0 Å². The molecule has 4 rings (SSSR count). The molecule has 0 aliphatic heterocycles. The third kappa shape index (κ3) is 5.61. The second-order valence-corrected chi connectivity index (χ2v) is 8.62. The van der Waals surface area contributed by atoms with Gasteiger partial charge < -0.3 is 5.32 Å². The minimum absolute atomic E-state index is 0.0353. The highest BCUT2D eigenvalue weighted by atomic mass is 32.2. The van der Waals surface area contributed by atoms with Gasteiger partial charge in [0.1, 0.15) is 5.03 Å². The summed E-state index contributed by atoms with van der Waals surface area (Å²) in [5.74, 6) is 0.229. The van der Waals surface area contributed by atoms with Crippen LogP contribution in [0.1, 0.15) is 35.2 Å². The molecule has 6 nitrogen and oxygen atoms in total. The van der Waals surface area contributed by atoms with E-state index < -0.39 is 0 Å². The van der Waals surface area contributed by atoms with Crippen molar-refractivity contribution in [1.82, 2.24) is 19.9 Å². The molecule has 1 aliphatic carbocycles. The van der Waals surface area contributed by atoms with Crippen LogP contribution in [0.2, 0.25) is 0 Å². The van der Waals surface area contributed by atoms with Gasteiger partial charge >= 0.3 is 5.69 Å². The smallest absolute Gasteiger partial charge is 0.349 e. The van der Waals surface area contributed by atoms with Crippen molar-refractivity contribution in [3.05, 3.63) is 87.7 Å². The fourth-order valence-electron chi connectivity index (χ4n) is 3.88. The first-order valence-electron chi connectivity index (χ1n) is 10.7. The van der Waals surface area contributed by atoms with E-state index in [-0.39, 0.29) is 17.3 Å². The zero-order valence-corrected chi connectivity index (χ0v) is 18.2. The van der Waals surface area contributed by atoms with E-state index in [9.17, 15) is 9.59 Å². The SMILES string of the molecule is O=C(CSc1nc(=O)n(Cc2cccnc2)c2c1CCCC2)NCCc1ccccc1. The van der Waals surface area contributed by atoms with Crippen molar-refractivity contribution in [3.8, 4) is 0 Å². The molecule has 1 aliphatic rings. The van der Waals surface area contributed by atoms with Gasteiger partial charge in [-0.25, -0.2) is 4.79 Å². The van der Waals surface area contributed by atoms with Gasteiger partial charge in [-0.1, -0.05) is 48.2 Å². The number of hydrogen-bond donors (Lipinski definition) is 1. The zero-order valence-electron chi connectivity index (χ0n) is 17.4. The van der Waals surface area contributed by atoms with Crippen molar-refractivity contribution in [1.29, 1.82) is 0 Å². The lowest BCUT2D eigenvalue weighted by Crippen LogP contribution is -2.31. The van der Waals surface area contributed by atoms with E-state index in [1.165, 1.54) is 17.3 Å². The topological polar surface area (TPSA) is 76.9 Å². The number of benzene rings is 1. The monoisotopic (exact) mass is 434 g/mol. The molecule has 0 radical (unpaired) electrons. The normalized spacial score (nSPS) is 12.9. The van der Waals surface area contributed by atoms with Crippen LogP contribution in [0.4, 0.5) is 0 Å². The first-order valence-corrected chi connectivity index (χ1v) is 11.6. The standard InChI is InChI=1S/C24H26N4O2S/c29-22(26-14-12-18-7-2-1-3-8-18)17-31-23-20-10-4-5-11-21(20)28(24(30)27-23)16-19-9-6-13-25-15-19/h1-3,6-9,13,15H,4-5,10-12,14,16-17H2,(H,26,29). The van der Waals surface area contributed by atoms with E-state index in [0.29, 0.717) is 18.1 Å². The summed E-state index contributed by atoms with van der Waals surface area (Å²) in [5, 5.41) is 3.67. The second kappa shape index (κ2) is 10.4. The number of carbonyl (C=O) groups excluding carboxylic acids is 1. The molecule has 0 spiro atoms. The molecule has 1 aromatic carbocycles. The molecule has 1 amide bonds. The van der Waals surface area contributed by atoms with Crippen LogP contribution in [-0.2, 0) is 30.6 Å². The minimum Gasteiger partial charge on any atom is -0.355 e. The molecule has 7 heteroatoms. The molecule has 0 atom stereocenters. The number of thioether (sulfide) groups is 1. The number of amides is 1. The zero-order chi connectivity index (χ0) is 21.5. The van der Waals surface area contributed by atoms with Gasteiger partial charge in [0.2, 0.25) is 5.91 Å². The summed E-state index contributed by atoms with van der Waals surface area (Å²) in [4.78, 5) is 33.6. The Hall–Kier alpha value is -2.93. The van der Waals surface area contributed by atoms with Gasteiger partial charge in [0.25, 0.3) is 0 Å². The van der Waals surface area contributed by atoms with Gasteiger partial charge in [0, 0.05) is 30.2 Å². The Morgan fingerprint density at radius 3 is 2.68 bits per heavy atom. The Labute approximate surface area is 186 Å². The van der Waals surface area contributed by atoms with Crippen LogP contribution < -0.4 is 11.0 Å². The van der Waals surface area contributed by atoms with Crippen molar-refractivity contribution in [3.63, 3.8) is 0 Å². The van der Waals surface area contributed by atoms with Gasteiger partial charge in [-0.05, 0) is 49.3 Å². The Morgan fingerprint density at radius 2 is 1.87 bits per heavy atom. The van der Waals surface area contributed by atoms with E-state index in [4.69, 9.17) is 0 Å². The van der Waals surface area contributed by atoms with Gasteiger partial charge in [0.05, 0.1) is 12.3 Å². The van der Waals surface area contributed by atoms with Crippen molar-refractivity contribution in [2.24, 2.45) is 0 Å². The number of carbonyl (C=O) groups is 1. The summed E-state index contributed by atoms with van der Waals surface area (Å²) >= 11 is 1.37. The Morgan fingerprint density at radius 1 is 1.06 bits per heavy atom. The number of nitrogens with one attached hydrogen (secondary N) is 1. The largest absolute Gasteiger partial charge is 0.355 e. The van der Waals surface area contributed by atoms with Crippen LogP contribution in [0.5, 0.6) is 0 Å². The fourth-order valence-corrected chi connectivity index (χ4v) is 4.79. The molecule has 3 aromatic rings. The summed E-state index contributed by atoms with van der Waals surface area (Å²) in [7, 11) is 0. The number of pyridine rings is 1. The van der Waals surface area contributed by atoms with Crippen LogP contribution in [-0.4, -0.2) is 32.7 Å². The van der Waals surface area contributed by atoms with Crippen molar-refractivity contribution in [2.45, 2.75) is 43.7 Å². The lowest BCUT2D eigenvalue weighted by molar-refractivity contribution is -0.118. The quantitative estimate of drug-likeness (QED) is 0.436. The highest BCUT2D eigenvalue weighted by Gasteiger charge is 2.21. The molecule has 0 saturated carbocycles. The average molecular weight is 435 g/mol. The summed E-state index contributed by atoms with van der Waals surface area (Å²) in [5.41, 5.74) is 4.11. The molecule has 0 bridgehead atoms. The Kier molecular flexibility index (Phi) is 7.14. The third-order valence-electron chi connectivity index (χ3n) is 5.43. The highest BCUT2D eigenvalue weighted by Crippen LogP contribution is 2.28. The third-order valence-corrected chi connectivity index (χ3v) is 6.45. The number of aromatic nitrogens is 3. The summed E-state index contributed by atoms with van der Waals surface area (Å²) < 4.78 is 1.77. The van der Waals surface area contributed by atoms with Crippen molar-refractivity contribution in [2.75, 3.05) is 12.3 Å². The maximum absolute atomic E-state index is 12.8.